The molecule has 6 heteroatoms. The molecule has 2 aromatic heterocycles. The van der Waals surface area contributed by atoms with Crippen LogP contribution in [0, 0.1) is 6.92 Å². The van der Waals surface area contributed by atoms with E-state index in [-0.39, 0.29) is 0 Å². The lowest BCUT2D eigenvalue weighted by Gasteiger charge is -2.33. The number of piperazine rings is 2. The third-order valence-electron chi connectivity index (χ3n) is 5.39. The van der Waals surface area contributed by atoms with Gasteiger partial charge in [-0.15, -0.1) is 0 Å². The van der Waals surface area contributed by atoms with Gasteiger partial charge in [-0.05, 0) is 55.8 Å². The molecular weight excluding hydrogens is 348 g/mol. The van der Waals surface area contributed by atoms with Gasteiger partial charge in [0.2, 0.25) is 0 Å². The molecule has 0 saturated carbocycles. The molecule has 2 aromatic rings. The molecule has 0 atom stereocenters. The maximum atomic E-state index is 4.41. The van der Waals surface area contributed by atoms with Crippen LogP contribution in [0.25, 0.3) is 0 Å². The van der Waals surface area contributed by atoms with Crippen molar-refractivity contribution in [3.8, 4) is 0 Å². The number of nitrogens with zero attached hydrogens (tertiary/aromatic N) is 5. The van der Waals surface area contributed by atoms with Crippen molar-refractivity contribution in [2.45, 2.75) is 20.3 Å². The second kappa shape index (κ2) is 10.4. The molecule has 6 nitrogen and oxygen atoms in total. The molecule has 28 heavy (non-hydrogen) atoms. The Bertz CT molecular complexity index is 720. The van der Waals surface area contributed by atoms with Crippen LogP contribution in [0.5, 0.6) is 0 Å². The largest absolute Gasteiger partial charge is 0.354 e. The van der Waals surface area contributed by atoms with E-state index in [0.717, 1.165) is 70.4 Å². The van der Waals surface area contributed by atoms with Gasteiger partial charge in [-0.25, -0.2) is 9.97 Å². The van der Waals surface area contributed by atoms with Gasteiger partial charge in [0.1, 0.15) is 11.6 Å². The molecule has 0 bridgehead atoms. The van der Waals surface area contributed by atoms with Crippen molar-refractivity contribution in [3.05, 3.63) is 47.8 Å². The predicted octanol–water partition coefficient (Wildman–Crippen LogP) is 2.20. The smallest absolute Gasteiger partial charge is 0.128 e. The van der Waals surface area contributed by atoms with Gasteiger partial charge in [0.05, 0.1) is 0 Å². The first-order valence-corrected chi connectivity index (χ1v) is 10.4. The molecule has 2 fully saturated rings. The fourth-order valence-corrected chi connectivity index (χ4v) is 3.48. The maximum Gasteiger partial charge on any atom is 0.128 e. The normalized spacial score (nSPS) is 17.8. The molecule has 2 aliphatic rings. The number of hydrogen-bond donors (Lipinski definition) is 1. The molecule has 2 aliphatic heterocycles. The Morgan fingerprint density at radius 1 is 0.857 bits per heavy atom. The number of nitrogens with one attached hydrogen (secondary N) is 1. The average Bonchev–Trinajstić information content (AvgIpc) is 2.75. The Morgan fingerprint density at radius 2 is 1.46 bits per heavy atom. The Labute approximate surface area is 169 Å². The topological polar surface area (TPSA) is 47.5 Å². The van der Waals surface area contributed by atoms with Crippen LogP contribution in [0.3, 0.4) is 0 Å². The van der Waals surface area contributed by atoms with Crippen LogP contribution in [0.1, 0.15) is 18.1 Å². The molecule has 0 radical (unpaired) electrons. The maximum absolute atomic E-state index is 4.41. The fraction of sp³-hybridized carbons (Fsp3) is 0.545. The lowest BCUT2D eigenvalue weighted by molar-refractivity contribution is 0.312. The second-order valence-corrected chi connectivity index (χ2v) is 7.59. The molecule has 0 amide bonds. The Kier molecular flexibility index (Phi) is 7.62. The third kappa shape index (κ3) is 5.91. The van der Waals surface area contributed by atoms with Gasteiger partial charge in [0.15, 0.2) is 0 Å². The lowest BCUT2D eigenvalue weighted by atomic mass is 10.2. The predicted molar refractivity (Wildman–Crippen MR) is 117 cm³/mol. The summed E-state index contributed by atoms with van der Waals surface area (Å²) in [7, 11) is 2.17. The van der Waals surface area contributed by atoms with Crippen LogP contribution < -0.4 is 15.1 Å². The number of aryl methyl sites for hydroxylation is 2. The average molecular weight is 383 g/mol. The Morgan fingerprint density at radius 3 is 2.11 bits per heavy atom. The van der Waals surface area contributed by atoms with Crippen LogP contribution in [0.4, 0.5) is 11.6 Å². The summed E-state index contributed by atoms with van der Waals surface area (Å²) in [6.45, 7) is 13.0. The summed E-state index contributed by atoms with van der Waals surface area (Å²) in [5.74, 6) is 2.25. The number of rotatable bonds is 3. The van der Waals surface area contributed by atoms with E-state index in [4.69, 9.17) is 0 Å². The summed E-state index contributed by atoms with van der Waals surface area (Å²) in [6, 6.07) is 8.49. The molecule has 0 aromatic carbocycles. The second-order valence-electron chi connectivity index (χ2n) is 7.59. The van der Waals surface area contributed by atoms with E-state index in [1.165, 1.54) is 11.1 Å². The highest BCUT2D eigenvalue weighted by Crippen LogP contribution is 2.14. The van der Waals surface area contributed by atoms with Crippen molar-refractivity contribution >= 4 is 11.6 Å². The molecule has 0 aliphatic carbocycles. The monoisotopic (exact) mass is 382 g/mol. The van der Waals surface area contributed by atoms with Crippen LogP contribution in [-0.4, -0.2) is 74.3 Å². The molecule has 4 heterocycles. The summed E-state index contributed by atoms with van der Waals surface area (Å²) in [6.07, 6.45) is 4.89. The van der Waals surface area contributed by atoms with Gasteiger partial charge in [-0.1, -0.05) is 6.92 Å². The Hall–Kier alpha value is -2.18. The SMILES string of the molecule is CCc1ccnc(N2CCNCC2)c1.Cc1ccnc(N2CCN(C)CC2)c1. The Balaban J connectivity index is 0.000000161. The van der Waals surface area contributed by atoms with E-state index in [0.29, 0.717) is 0 Å². The van der Waals surface area contributed by atoms with Gasteiger partial charge >= 0.3 is 0 Å². The van der Waals surface area contributed by atoms with Crippen molar-refractivity contribution in [1.82, 2.24) is 20.2 Å². The highest BCUT2D eigenvalue weighted by Gasteiger charge is 2.14. The van der Waals surface area contributed by atoms with E-state index >= 15 is 0 Å². The minimum atomic E-state index is 1.07. The van der Waals surface area contributed by atoms with Crippen LogP contribution in [0.2, 0.25) is 0 Å². The first-order valence-electron chi connectivity index (χ1n) is 10.4. The van der Waals surface area contributed by atoms with E-state index in [1.807, 2.05) is 18.5 Å². The van der Waals surface area contributed by atoms with E-state index < -0.39 is 0 Å². The van der Waals surface area contributed by atoms with Gasteiger partial charge < -0.3 is 20.0 Å². The first-order chi connectivity index (χ1) is 13.7. The van der Waals surface area contributed by atoms with E-state index in [2.05, 4.69) is 69.1 Å². The molecule has 152 valence electrons. The molecule has 0 spiro atoms. The molecular formula is C22H34N6. The summed E-state index contributed by atoms with van der Waals surface area (Å²) >= 11 is 0. The van der Waals surface area contributed by atoms with Crippen molar-refractivity contribution in [2.75, 3.05) is 69.2 Å². The lowest BCUT2D eigenvalue weighted by Crippen LogP contribution is -2.44. The number of likely N-dealkylation sites (N-methyl/N-ethyl adjacent to an activating group) is 1. The summed E-state index contributed by atoms with van der Waals surface area (Å²) in [5.41, 5.74) is 2.66. The van der Waals surface area contributed by atoms with Gasteiger partial charge in [0, 0.05) is 64.8 Å². The zero-order valence-electron chi connectivity index (χ0n) is 17.6. The number of hydrogen-bond acceptors (Lipinski definition) is 6. The van der Waals surface area contributed by atoms with Crippen LogP contribution in [0.15, 0.2) is 36.7 Å². The molecule has 0 unspecified atom stereocenters. The summed E-state index contributed by atoms with van der Waals surface area (Å²) in [5, 5.41) is 3.34. The van der Waals surface area contributed by atoms with Gasteiger partial charge in [0.25, 0.3) is 0 Å². The summed E-state index contributed by atoms with van der Waals surface area (Å²) < 4.78 is 0. The molecule has 1 N–H and O–H groups in total. The number of pyridine rings is 2. The minimum Gasteiger partial charge on any atom is -0.354 e. The highest BCUT2D eigenvalue weighted by molar-refractivity contribution is 5.42. The number of anilines is 2. The van der Waals surface area contributed by atoms with Crippen molar-refractivity contribution in [2.24, 2.45) is 0 Å². The summed E-state index contributed by atoms with van der Waals surface area (Å²) in [4.78, 5) is 15.9. The van der Waals surface area contributed by atoms with Gasteiger partial charge in [-0.3, -0.25) is 0 Å². The van der Waals surface area contributed by atoms with E-state index in [1.54, 1.807) is 0 Å². The zero-order chi connectivity index (χ0) is 19.8. The van der Waals surface area contributed by atoms with Gasteiger partial charge in [-0.2, -0.15) is 0 Å². The van der Waals surface area contributed by atoms with Crippen LogP contribution in [-0.2, 0) is 6.42 Å². The van der Waals surface area contributed by atoms with E-state index in [9.17, 15) is 0 Å². The van der Waals surface area contributed by atoms with Crippen molar-refractivity contribution in [3.63, 3.8) is 0 Å². The zero-order valence-corrected chi connectivity index (χ0v) is 17.6. The molecule has 4 rings (SSSR count). The standard InChI is InChI=1S/2C11H17N3/c1-10-3-4-12-11(9-10)14-7-5-13(2)6-8-14;1-2-10-3-4-13-11(9-10)14-7-5-12-6-8-14/h3-4,9H,5-8H2,1-2H3;3-4,9,12H,2,5-8H2,1H3. The van der Waals surface area contributed by atoms with Crippen molar-refractivity contribution < 1.29 is 0 Å². The minimum absolute atomic E-state index is 1.07. The molecule has 2 saturated heterocycles. The third-order valence-corrected chi connectivity index (χ3v) is 5.39. The van der Waals surface area contributed by atoms with Crippen LogP contribution >= 0.6 is 0 Å². The number of aromatic nitrogens is 2. The quantitative estimate of drug-likeness (QED) is 0.878. The highest BCUT2D eigenvalue weighted by atomic mass is 15.3. The first kappa shape index (κ1) is 20.6. The fourth-order valence-electron chi connectivity index (χ4n) is 3.48. The van der Waals surface area contributed by atoms with Crippen molar-refractivity contribution in [1.29, 1.82) is 0 Å².